The molecule has 0 aromatic carbocycles. The monoisotopic (exact) mass is 314 g/mol. The first-order valence-electron chi connectivity index (χ1n) is 6.40. The van der Waals surface area contributed by atoms with Crippen LogP contribution < -0.4 is 5.73 Å². The minimum atomic E-state index is 0.273. The molecule has 0 bridgehead atoms. The summed E-state index contributed by atoms with van der Waals surface area (Å²) in [6.45, 7) is 6.47. The van der Waals surface area contributed by atoms with Gasteiger partial charge < -0.3 is 10.3 Å². The number of aryl methyl sites for hydroxylation is 2. The molecule has 0 fully saturated rings. The molecule has 0 saturated carbocycles. The van der Waals surface area contributed by atoms with Crippen molar-refractivity contribution < 1.29 is 0 Å². The highest BCUT2D eigenvalue weighted by Crippen LogP contribution is 2.29. The summed E-state index contributed by atoms with van der Waals surface area (Å²) < 4.78 is 3.87. The van der Waals surface area contributed by atoms with Crippen LogP contribution in [0.15, 0.2) is 5.16 Å². The van der Waals surface area contributed by atoms with E-state index in [1.165, 1.54) is 0 Å². The summed E-state index contributed by atoms with van der Waals surface area (Å²) >= 11 is 7.85. The number of aromatic nitrogens is 5. The zero-order valence-electron chi connectivity index (χ0n) is 12.1. The number of nitrogens with two attached hydrogens (primary N) is 1. The summed E-state index contributed by atoms with van der Waals surface area (Å²) in [4.78, 5) is 0. The number of rotatable bonds is 5. The van der Waals surface area contributed by atoms with E-state index in [0.29, 0.717) is 12.3 Å². The summed E-state index contributed by atoms with van der Waals surface area (Å²) in [7, 11) is 1.90. The molecule has 0 atom stereocenters. The van der Waals surface area contributed by atoms with Crippen molar-refractivity contribution in [2.45, 2.75) is 44.3 Å². The van der Waals surface area contributed by atoms with Gasteiger partial charge in [-0.15, -0.1) is 10.2 Å². The van der Waals surface area contributed by atoms with Crippen LogP contribution in [0.4, 0.5) is 0 Å². The van der Waals surface area contributed by atoms with Crippen molar-refractivity contribution in [1.29, 1.82) is 0 Å². The molecule has 2 aromatic rings. The molecule has 0 aliphatic rings. The minimum Gasteiger partial charge on any atom is -0.324 e. The van der Waals surface area contributed by atoms with E-state index < -0.39 is 0 Å². The Morgan fingerprint density at radius 1 is 1.35 bits per heavy atom. The molecule has 0 radical (unpaired) electrons. The molecule has 0 spiro atoms. The molecule has 0 amide bonds. The molecule has 2 aromatic heterocycles. The van der Waals surface area contributed by atoms with Crippen LogP contribution in [0, 0.1) is 6.92 Å². The van der Waals surface area contributed by atoms with Crippen LogP contribution in [0.5, 0.6) is 0 Å². The summed E-state index contributed by atoms with van der Waals surface area (Å²) in [6, 6.07) is 0.273. The first-order chi connectivity index (χ1) is 9.45. The molecule has 0 unspecified atom stereocenters. The van der Waals surface area contributed by atoms with Crippen molar-refractivity contribution in [2.24, 2.45) is 12.8 Å². The second-order valence-corrected chi connectivity index (χ2v) is 6.15. The van der Waals surface area contributed by atoms with Crippen LogP contribution in [-0.4, -0.2) is 24.5 Å². The summed E-state index contributed by atoms with van der Waals surface area (Å²) in [5.74, 6) is 1.50. The molecule has 20 heavy (non-hydrogen) atoms. The van der Waals surface area contributed by atoms with E-state index in [1.807, 2.05) is 18.7 Å². The van der Waals surface area contributed by atoms with Gasteiger partial charge in [-0.3, -0.25) is 4.68 Å². The highest BCUT2D eigenvalue weighted by molar-refractivity contribution is 7.98. The van der Waals surface area contributed by atoms with E-state index in [2.05, 4.69) is 33.7 Å². The Hall–Kier alpha value is -1.05. The zero-order chi connectivity index (χ0) is 14.9. The molecule has 0 aliphatic heterocycles. The van der Waals surface area contributed by atoms with Gasteiger partial charge in [0.1, 0.15) is 5.82 Å². The van der Waals surface area contributed by atoms with Gasteiger partial charge in [-0.1, -0.05) is 23.4 Å². The lowest BCUT2D eigenvalue weighted by Crippen LogP contribution is -2.11. The fourth-order valence-corrected chi connectivity index (χ4v) is 3.49. The van der Waals surface area contributed by atoms with Crippen molar-refractivity contribution in [2.75, 3.05) is 0 Å². The first kappa shape index (κ1) is 15.3. The molecule has 0 saturated heterocycles. The van der Waals surface area contributed by atoms with Gasteiger partial charge >= 0.3 is 0 Å². The third-order valence-corrected chi connectivity index (χ3v) is 4.48. The van der Waals surface area contributed by atoms with Gasteiger partial charge in [0, 0.05) is 18.8 Å². The summed E-state index contributed by atoms with van der Waals surface area (Å²) in [5.41, 5.74) is 7.53. The van der Waals surface area contributed by atoms with E-state index in [9.17, 15) is 0 Å². The lowest BCUT2D eigenvalue weighted by atomic mass is 10.4. The topological polar surface area (TPSA) is 74.6 Å². The molecule has 2 rings (SSSR count). The van der Waals surface area contributed by atoms with Gasteiger partial charge in [0.25, 0.3) is 0 Å². The number of nitrogens with zero attached hydrogens (tertiary/aromatic N) is 5. The smallest absolute Gasteiger partial charge is 0.191 e. The number of thioether (sulfide) groups is 1. The molecule has 8 heteroatoms. The second kappa shape index (κ2) is 6.15. The molecule has 110 valence electrons. The average molecular weight is 315 g/mol. The minimum absolute atomic E-state index is 0.273. The molecule has 0 aliphatic carbocycles. The SMILES string of the molecule is Cc1nn(C)c(CSc2nnc(CN)n2C(C)C)c1Cl. The third-order valence-electron chi connectivity index (χ3n) is 3.03. The van der Waals surface area contributed by atoms with Crippen molar-refractivity contribution >= 4 is 23.4 Å². The van der Waals surface area contributed by atoms with E-state index in [4.69, 9.17) is 17.3 Å². The lowest BCUT2D eigenvalue weighted by Gasteiger charge is -2.12. The highest BCUT2D eigenvalue weighted by Gasteiger charge is 2.17. The van der Waals surface area contributed by atoms with Gasteiger partial charge in [0.05, 0.1) is 23.0 Å². The third kappa shape index (κ3) is 2.84. The average Bonchev–Trinajstić information content (AvgIpc) is 2.90. The van der Waals surface area contributed by atoms with Crippen LogP contribution in [-0.2, 0) is 19.3 Å². The van der Waals surface area contributed by atoms with Gasteiger partial charge in [0.15, 0.2) is 5.16 Å². The predicted molar refractivity (Wildman–Crippen MR) is 80.8 cm³/mol. The molecular formula is C12H19ClN6S. The largest absolute Gasteiger partial charge is 0.324 e. The lowest BCUT2D eigenvalue weighted by molar-refractivity contribution is 0.526. The van der Waals surface area contributed by atoms with Gasteiger partial charge in [-0.25, -0.2) is 0 Å². The van der Waals surface area contributed by atoms with E-state index in [1.54, 1.807) is 11.8 Å². The maximum atomic E-state index is 6.26. The van der Waals surface area contributed by atoms with Crippen molar-refractivity contribution in [3.63, 3.8) is 0 Å². The Morgan fingerprint density at radius 3 is 2.55 bits per heavy atom. The van der Waals surface area contributed by atoms with Crippen LogP contribution in [0.2, 0.25) is 5.02 Å². The number of halogens is 1. The highest BCUT2D eigenvalue weighted by atomic mass is 35.5. The Bertz CT molecular complexity index is 603. The molecule has 6 nitrogen and oxygen atoms in total. The Morgan fingerprint density at radius 2 is 2.05 bits per heavy atom. The van der Waals surface area contributed by atoms with Crippen LogP contribution in [0.3, 0.4) is 0 Å². The van der Waals surface area contributed by atoms with Crippen LogP contribution >= 0.6 is 23.4 Å². The van der Waals surface area contributed by atoms with Crippen LogP contribution in [0.25, 0.3) is 0 Å². The van der Waals surface area contributed by atoms with E-state index in [-0.39, 0.29) is 6.04 Å². The van der Waals surface area contributed by atoms with E-state index in [0.717, 1.165) is 27.4 Å². The fraction of sp³-hybridized carbons (Fsp3) is 0.583. The normalized spacial score (nSPS) is 11.6. The van der Waals surface area contributed by atoms with Crippen molar-refractivity contribution in [3.05, 3.63) is 22.2 Å². The number of hydrogen-bond donors (Lipinski definition) is 1. The maximum Gasteiger partial charge on any atom is 0.191 e. The Kier molecular flexibility index (Phi) is 4.72. The molecule has 2 N–H and O–H groups in total. The Labute approximate surface area is 127 Å². The van der Waals surface area contributed by atoms with Crippen molar-refractivity contribution in [3.8, 4) is 0 Å². The molecule has 2 heterocycles. The quantitative estimate of drug-likeness (QED) is 0.857. The van der Waals surface area contributed by atoms with Gasteiger partial charge in [0.2, 0.25) is 0 Å². The standard InChI is InChI=1S/C12H19ClN6S/c1-7(2)19-10(5-14)15-16-12(19)20-6-9-11(13)8(3)17-18(9)4/h7H,5-6,14H2,1-4H3. The van der Waals surface area contributed by atoms with Gasteiger partial charge in [-0.05, 0) is 20.8 Å². The van der Waals surface area contributed by atoms with E-state index >= 15 is 0 Å². The summed E-state index contributed by atoms with van der Waals surface area (Å²) in [5, 5.41) is 14.2. The second-order valence-electron chi connectivity index (χ2n) is 4.83. The maximum absolute atomic E-state index is 6.26. The summed E-state index contributed by atoms with van der Waals surface area (Å²) in [6.07, 6.45) is 0. The first-order valence-corrected chi connectivity index (χ1v) is 7.76. The molecular weight excluding hydrogens is 296 g/mol. The van der Waals surface area contributed by atoms with Crippen molar-refractivity contribution in [1.82, 2.24) is 24.5 Å². The zero-order valence-corrected chi connectivity index (χ0v) is 13.7. The number of hydrogen-bond acceptors (Lipinski definition) is 5. The fourth-order valence-electron chi connectivity index (χ4n) is 2.03. The van der Waals surface area contributed by atoms with Crippen LogP contribution in [0.1, 0.15) is 37.1 Å². The Balaban J connectivity index is 2.21. The van der Waals surface area contributed by atoms with Gasteiger partial charge in [-0.2, -0.15) is 5.10 Å². The predicted octanol–water partition coefficient (Wildman–Crippen LogP) is 2.31.